The quantitative estimate of drug-likeness (QED) is 0.863. The van der Waals surface area contributed by atoms with E-state index in [1.807, 2.05) is 26.1 Å². The van der Waals surface area contributed by atoms with Crippen LogP contribution in [-0.4, -0.2) is 21.9 Å². The average Bonchev–Trinajstić information content (AvgIpc) is 2.70. The lowest BCUT2D eigenvalue weighted by Crippen LogP contribution is -2.18. The second-order valence-electron chi connectivity index (χ2n) is 3.88. The second kappa shape index (κ2) is 4.55. The maximum atomic E-state index is 6.26. The molecule has 0 spiro atoms. The summed E-state index contributed by atoms with van der Waals surface area (Å²) in [6.45, 7) is 1.94. The number of nitrogens with zero attached hydrogens (tertiary/aromatic N) is 3. The van der Waals surface area contributed by atoms with Gasteiger partial charge in [-0.15, -0.1) is 0 Å². The molecule has 0 bridgehead atoms. The van der Waals surface area contributed by atoms with E-state index < -0.39 is 0 Å². The largest absolute Gasteiger partial charge is 0.493 e. The summed E-state index contributed by atoms with van der Waals surface area (Å²) < 4.78 is 7.00. The van der Waals surface area contributed by atoms with Crippen LogP contribution in [0.5, 0.6) is 5.75 Å². The van der Waals surface area contributed by atoms with Crippen LogP contribution in [0.3, 0.4) is 0 Å². The van der Waals surface area contributed by atoms with Gasteiger partial charge >= 0.3 is 0 Å². The van der Waals surface area contributed by atoms with Gasteiger partial charge < -0.3 is 10.5 Å². The van der Waals surface area contributed by atoms with Gasteiger partial charge in [-0.3, -0.25) is 9.67 Å². The minimum absolute atomic E-state index is 0.286. The predicted octanol–water partition coefficient (Wildman–Crippen LogP) is 1.18. The lowest BCUT2D eigenvalue weighted by Gasteiger charge is -2.15. The van der Waals surface area contributed by atoms with Crippen molar-refractivity contribution in [2.45, 2.75) is 13.0 Å². The molecule has 0 aliphatic heterocycles. The molecule has 0 aliphatic carbocycles. The Kier molecular flexibility index (Phi) is 3.10. The number of rotatable bonds is 3. The first-order valence-electron chi connectivity index (χ1n) is 5.38. The van der Waals surface area contributed by atoms with Gasteiger partial charge in [-0.2, -0.15) is 5.10 Å². The van der Waals surface area contributed by atoms with Gasteiger partial charge in [0.25, 0.3) is 0 Å². The summed E-state index contributed by atoms with van der Waals surface area (Å²) in [7, 11) is 3.47. The first-order valence-corrected chi connectivity index (χ1v) is 5.38. The molecule has 0 saturated heterocycles. The van der Waals surface area contributed by atoms with Crippen molar-refractivity contribution in [2.24, 2.45) is 12.8 Å². The van der Waals surface area contributed by atoms with Gasteiger partial charge in [-0.25, -0.2) is 0 Å². The number of ether oxygens (including phenoxy) is 1. The van der Waals surface area contributed by atoms with Gasteiger partial charge in [0.15, 0.2) is 5.75 Å². The standard InChI is InChI=1S/C12H16N4O/c1-8-9(5-4-6-14-8)11(13)12-10(17-3)7-15-16(12)2/h4-7,11H,13H2,1-3H3. The third-order valence-corrected chi connectivity index (χ3v) is 2.85. The first kappa shape index (κ1) is 11.6. The van der Waals surface area contributed by atoms with Crippen molar-refractivity contribution in [2.75, 3.05) is 7.11 Å². The second-order valence-corrected chi connectivity index (χ2v) is 3.88. The number of methoxy groups -OCH3 is 1. The maximum absolute atomic E-state index is 6.26. The highest BCUT2D eigenvalue weighted by Gasteiger charge is 2.20. The van der Waals surface area contributed by atoms with Crippen molar-refractivity contribution in [1.82, 2.24) is 14.8 Å². The molecule has 0 fully saturated rings. The zero-order chi connectivity index (χ0) is 12.4. The number of aromatic nitrogens is 3. The third kappa shape index (κ3) is 2.01. The molecular formula is C12H16N4O. The monoisotopic (exact) mass is 232 g/mol. The number of hydrogen-bond donors (Lipinski definition) is 1. The average molecular weight is 232 g/mol. The van der Waals surface area contributed by atoms with Crippen LogP contribution >= 0.6 is 0 Å². The van der Waals surface area contributed by atoms with Crippen LogP contribution in [0.2, 0.25) is 0 Å². The highest BCUT2D eigenvalue weighted by molar-refractivity contribution is 5.37. The third-order valence-electron chi connectivity index (χ3n) is 2.85. The number of hydrogen-bond acceptors (Lipinski definition) is 4. The van der Waals surface area contributed by atoms with E-state index in [0.717, 1.165) is 17.0 Å². The fourth-order valence-corrected chi connectivity index (χ4v) is 1.91. The Bertz CT molecular complexity index is 521. The van der Waals surface area contributed by atoms with Crippen LogP contribution in [0, 0.1) is 6.92 Å². The van der Waals surface area contributed by atoms with Gasteiger partial charge in [0.1, 0.15) is 5.69 Å². The molecular weight excluding hydrogens is 216 g/mol. The molecule has 0 aliphatic rings. The van der Waals surface area contributed by atoms with Crippen molar-refractivity contribution < 1.29 is 4.74 Å². The summed E-state index contributed by atoms with van der Waals surface area (Å²) in [6, 6.07) is 3.57. The van der Waals surface area contributed by atoms with Crippen LogP contribution in [0.25, 0.3) is 0 Å². The molecule has 0 aromatic carbocycles. The van der Waals surface area contributed by atoms with Crippen molar-refractivity contribution in [3.8, 4) is 5.75 Å². The highest BCUT2D eigenvalue weighted by atomic mass is 16.5. The normalized spacial score (nSPS) is 12.5. The van der Waals surface area contributed by atoms with Crippen LogP contribution in [0.4, 0.5) is 0 Å². The molecule has 2 rings (SSSR count). The lowest BCUT2D eigenvalue weighted by molar-refractivity contribution is 0.406. The van der Waals surface area contributed by atoms with Crippen LogP contribution in [-0.2, 0) is 7.05 Å². The Hall–Kier alpha value is -1.88. The molecule has 2 heterocycles. The molecule has 2 N–H and O–H groups in total. The van der Waals surface area contributed by atoms with E-state index in [4.69, 9.17) is 10.5 Å². The van der Waals surface area contributed by atoms with Gasteiger partial charge in [-0.1, -0.05) is 6.07 Å². The maximum Gasteiger partial charge on any atom is 0.161 e. The van der Waals surface area contributed by atoms with Crippen molar-refractivity contribution in [1.29, 1.82) is 0 Å². The van der Waals surface area contributed by atoms with Crippen molar-refractivity contribution in [3.63, 3.8) is 0 Å². The summed E-state index contributed by atoms with van der Waals surface area (Å²) in [5, 5.41) is 4.15. The molecule has 0 radical (unpaired) electrons. The topological polar surface area (TPSA) is 66.0 Å². The van der Waals surface area contributed by atoms with Crippen LogP contribution in [0.15, 0.2) is 24.5 Å². The zero-order valence-corrected chi connectivity index (χ0v) is 10.2. The number of nitrogens with two attached hydrogens (primary N) is 1. The van der Waals surface area contributed by atoms with E-state index >= 15 is 0 Å². The number of aryl methyl sites for hydroxylation is 2. The van der Waals surface area contributed by atoms with E-state index in [-0.39, 0.29) is 6.04 Å². The van der Waals surface area contributed by atoms with Gasteiger partial charge in [0, 0.05) is 18.9 Å². The van der Waals surface area contributed by atoms with E-state index in [9.17, 15) is 0 Å². The smallest absolute Gasteiger partial charge is 0.161 e. The Balaban J connectivity index is 2.47. The van der Waals surface area contributed by atoms with Crippen LogP contribution in [0.1, 0.15) is 23.0 Å². The summed E-state index contributed by atoms with van der Waals surface area (Å²) >= 11 is 0. The molecule has 5 heteroatoms. The molecule has 0 amide bonds. The minimum Gasteiger partial charge on any atom is -0.493 e. The van der Waals surface area contributed by atoms with E-state index in [1.54, 1.807) is 24.2 Å². The van der Waals surface area contributed by atoms with Gasteiger partial charge in [0.2, 0.25) is 0 Å². The molecule has 1 unspecified atom stereocenters. The molecule has 2 aromatic heterocycles. The lowest BCUT2D eigenvalue weighted by atomic mass is 10.0. The summed E-state index contributed by atoms with van der Waals surface area (Å²) in [6.07, 6.45) is 3.42. The van der Waals surface area contributed by atoms with Crippen LogP contribution < -0.4 is 10.5 Å². The molecule has 17 heavy (non-hydrogen) atoms. The highest BCUT2D eigenvalue weighted by Crippen LogP contribution is 2.28. The fraction of sp³-hybridized carbons (Fsp3) is 0.333. The molecule has 2 aromatic rings. The Morgan fingerprint density at radius 3 is 2.88 bits per heavy atom. The number of pyridine rings is 1. The molecule has 1 atom stereocenters. The molecule has 90 valence electrons. The van der Waals surface area contributed by atoms with E-state index in [1.165, 1.54) is 0 Å². The SMILES string of the molecule is COc1cnn(C)c1C(N)c1cccnc1C. The van der Waals surface area contributed by atoms with E-state index in [2.05, 4.69) is 10.1 Å². The summed E-state index contributed by atoms with van der Waals surface area (Å²) in [4.78, 5) is 4.24. The minimum atomic E-state index is -0.286. The molecule has 5 nitrogen and oxygen atoms in total. The van der Waals surface area contributed by atoms with Gasteiger partial charge in [-0.05, 0) is 18.6 Å². The van der Waals surface area contributed by atoms with Crippen molar-refractivity contribution in [3.05, 3.63) is 41.5 Å². The van der Waals surface area contributed by atoms with Gasteiger partial charge in [0.05, 0.1) is 19.3 Å². The Morgan fingerprint density at radius 2 is 2.24 bits per heavy atom. The predicted molar refractivity (Wildman–Crippen MR) is 64.8 cm³/mol. The Morgan fingerprint density at radius 1 is 1.47 bits per heavy atom. The molecule has 0 saturated carbocycles. The summed E-state index contributed by atoms with van der Waals surface area (Å²) in [5.74, 6) is 0.697. The van der Waals surface area contributed by atoms with E-state index in [0.29, 0.717) is 5.75 Å². The van der Waals surface area contributed by atoms with Crippen molar-refractivity contribution >= 4 is 0 Å². The Labute approximate surface area is 100 Å². The summed E-state index contributed by atoms with van der Waals surface area (Å²) in [5.41, 5.74) is 9.01. The fourth-order valence-electron chi connectivity index (χ4n) is 1.91. The zero-order valence-electron chi connectivity index (χ0n) is 10.2. The first-order chi connectivity index (χ1) is 8.15.